The molecule has 1 saturated carbocycles. The minimum absolute atomic E-state index is 0.116. The van der Waals surface area contributed by atoms with Crippen molar-refractivity contribution in [1.29, 1.82) is 0 Å². The monoisotopic (exact) mass is 449 g/mol. The molecule has 4 rings (SSSR count). The van der Waals surface area contributed by atoms with Gasteiger partial charge in [0.25, 0.3) is 5.91 Å². The lowest BCUT2D eigenvalue weighted by Gasteiger charge is -2.35. The number of amides is 1. The Morgan fingerprint density at radius 2 is 1.80 bits per heavy atom. The van der Waals surface area contributed by atoms with Crippen molar-refractivity contribution in [3.05, 3.63) is 52.8 Å². The van der Waals surface area contributed by atoms with Crippen LogP contribution in [-0.2, 0) is 10.0 Å². The van der Waals surface area contributed by atoms with Crippen LogP contribution in [0.5, 0.6) is 5.75 Å². The number of hydrogen-bond acceptors (Lipinski definition) is 5. The average molecular weight is 450 g/mol. The maximum absolute atomic E-state index is 13.3. The summed E-state index contributed by atoms with van der Waals surface area (Å²) in [6.07, 6.45) is 4.49. The summed E-state index contributed by atoms with van der Waals surface area (Å²) >= 11 is 6.07. The van der Waals surface area contributed by atoms with Crippen LogP contribution in [0.2, 0.25) is 5.02 Å². The van der Waals surface area contributed by atoms with E-state index in [1.807, 2.05) is 0 Å². The van der Waals surface area contributed by atoms with Gasteiger partial charge in [-0.05, 0) is 43.2 Å². The zero-order chi connectivity index (χ0) is 21.3. The predicted molar refractivity (Wildman–Crippen MR) is 113 cm³/mol. The number of halogens is 1. The fraction of sp³-hybridized carbons (Fsp3) is 0.429. The van der Waals surface area contributed by atoms with Crippen molar-refractivity contribution >= 4 is 27.5 Å². The third-order valence-corrected chi connectivity index (χ3v) is 7.96. The van der Waals surface area contributed by atoms with Gasteiger partial charge in [-0.2, -0.15) is 4.31 Å². The number of ether oxygens (including phenoxy) is 1. The second-order valence-corrected chi connectivity index (χ2v) is 9.93. The summed E-state index contributed by atoms with van der Waals surface area (Å²) < 4.78 is 33.2. The third kappa shape index (κ3) is 4.04. The molecule has 1 saturated heterocycles. The molecule has 9 heteroatoms. The Kier molecular flexibility index (Phi) is 5.99. The molecule has 2 aromatic rings. The van der Waals surface area contributed by atoms with E-state index in [2.05, 4.69) is 4.98 Å². The molecule has 1 aromatic carbocycles. The Bertz CT molecular complexity index is 1030. The minimum Gasteiger partial charge on any atom is -0.497 e. The first-order valence-corrected chi connectivity index (χ1v) is 11.8. The van der Waals surface area contributed by atoms with Crippen LogP contribution in [0.25, 0.3) is 0 Å². The number of benzene rings is 1. The van der Waals surface area contributed by atoms with Crippen molar-refractivity contribution in [1.82, 2.24) is 14.2 Å². The van der Waals surface area contributed by atoms with Gasteiger partial charge in [0.2, 0.25) is 10.0 Å². The molecule has 0 bridgehead atoms. The SMILES string of the molecule is COc1ccc(C(=O)N2CCN(S(=O)(=O)c3cc(Cl)cnc3C3CCC3)CC2)cc1. The van der Waals surface area contributed by atoms with E-state index in [1.54, 1.807) is 36.3 Å². The molecule has 30 heavy (non-hydrogen) atoms. The largest absolute Gasteiger partial charge is 0.497 e. The first-order chi connectivity index (χ1) is 14.4. The summed E-state index contributed by atoms with van der Waals surface area (Å²) in [6, 6.07) is 8.41. The first-order valence-electron chi connectivity index (χ1n) is 9.99. The second kappa shape index (κ2) is 8.53. The highest BCUT2D eigenvalue weighted by molar-refractivity contribution is 7.89. The lowest BCUT2D eigenvalue weighted by Crippen LogP contribution is -2.50. The van der Waals surface area contributed by atoms with E-state index in [0.717, 1.165) is 19.3 Å². The summed E-state index contributed by atoms with van der Waals surface area (Å²) in [5.41, 5.74) is 1.17. The number of piperazine rings is 1. The standard InChI is InChI=1S/C21H24ClN3O4S/c1-29-18-7-5-16(6-8-18)21(26)24-9-11-25(12-10-24)30(27,28)19-13-17(22)14-23-20(19)15-3-2-4-15/h5-8,13-15H,2-4,9-12H2,1H3. The van der Waals surface area contributed by atoms with Gasteiger partial charge in [0.1, 0.15) is 10.6 Å². The summed E-state index contributed by atoms with van der Waals surface area (Å²) in [4.78, 5) is 19.0. The zero-order valence-corrected chi connectivity index (χ0v) is 18.3. The van der Waals surface area contributed by atoms with Crippen LogP contribution in [0.1, 0.15) is 41.2 Å². The molecule has 2 heterocycles. The zero-order valence-electron chi connectivity index (χ0n) is 16.8. The number of rotatable bonds is 5. The number of aromatic nitrogens is 1. The number of hydrogen-bond donors (Lipinski definition) is 0. The van der Waals surface area contributed by atoms with Crippen molar-refractivity contribution in [2.24, 2.45) is 0 Å². The number of nitrogens with zero attached hydrogens (tertiary/aromatic N) is 3. The van der Waals surface area contributed by atoms with E-state index < -0.39 is 10.0 Å². The Morgan fingerprint density at radius 3 is 2.37 bits per heavy atom. The van der Waals surface area contributed by atoms with Crippen LogP contribution in [0.15, 0.2) is 41.4 Å². The maximum Gasteiger partial charge on any atom is 0.253 e. The highest BCUT2D eigenvalue weighted by Crippen LogP contribution is 2.39. The molecule has 0 spiro atoms. The number of sulfonamides is 1. The Labute approximate surface area is 181 Å². The minimum atomic E-state index is -3.73. The molecule has 160 valence electrons. The van der Waals surface area contributed by atoms with E-state index in [-0.39, 0.29) is 29.8 Å². The van der Waals surface area contributed by atoms with Gasteiger partial charge in [0.15, 0.2) is 0 Å². The summed E-state index contributed by atoms with van der Waals surface area (Å²) in [6.45, 7) is 1.13. The van der Waals surface area contributed by atoms with Crippen molar-refractivity contribution in [2.75, 3.05) is 33.3 Å². The molecular formula is C21H24ClN3O4S. The lowest BCUT2D eigenvalue weighted by atomic mass is 9.83. The highest BCUT2D eigenvalue weighted by Gasteiger charge is 2.35. The van der Waals surface area contributed by atoms with E-state index >= 15 is 0 Å². The third-order valence-electron chi connectivity index (χ3n) is 5.82. The van der Waals surface area contributed by atoms with Gasteiger partial charge >= 0.3 is 0 Å². The van der Waals surface area contributed by atoms with Crippen LogP contribution in [0.3, 0.4) is 0 Å². The molecular weight excluding hydrogens is 426 g/mol. The van der Waals surface area contributed by atoms with E-state index in [0.29, 0.717) is 35.1 Å². The fourth-order valence-electron chi connectivity index (χ4n) is 3.81. The quantitative estimate of drug-likeness (QED) is 0.700. The van der Waals surface area contributed by atoms with E-state index in [9.17, 15) is 13.2 Å². The Hall–Kier alpha value is -2.16. The summed E-state index contributed by atoms with van der Waals surface area (Å²) in [5, 5.41) is 0.310. The van der Waals surface area contributed by atoms with Crippen LogP contribution in [-0.4, -0.2) is 61.8 Å². The van der Waals surface area contributed by atoms with Crippen LogP contribution >= 0.6 is 11.6 Å². The fourth-order valence-corrected chi connectivity index (χ4v) is 5.72. The van der Waals surface area contributed by atoms with Crippen LogP contribution < -0.4 is 4.74 Å². The summed E-state index contributed by atoms with van der Waals surface area (Å²) in [5.74, 6) is 0.735. The Balaban J connectivity index is 1.48. The van der Waals surface area contributed by atoms with Gasteiger partial charge in [-0.3, -0.25) is 9.78 Å². The van der Waals surface area contributed by atoms with E-state index in [1.165, 1.54) is 16.6 Å². The topological polar surface area (TPSA) is 79.8 Å². The van der Waals surface area contributed by atoms with Crippen molar-refractivity contribution in [2.45, 2.75) is 30.1 Å². The molecule has 1 aromatic heterocycles. The van der Waals surface area contributed by atoms with Crippen molar-refractivity contribution in [3.63, 3.8) is 0 Å². The van der Waals surface area contributed by atoms with Gasteiger partial charge in [-0.15, -0.1) is 0 Å². The average Bonchev–Trinajstić information content (AvgIpc) is 2.73. The van der Waals surface area contributed by atoms with Crippen molar-refractivity contribution in [3.8, 4) is 5.75 Å². The van der Waals surface area contributed by atoms with Gasteiger partial charge in [-0.25, -0.2) is 8.42 Å². The van der Waals surface area contributed by atoms with Gasteiger partial charge < -0.3 is 9.64 Å². The molecule has 0 N–H and O–H groups in total. The number of carbonyl (C=O) groups is 1. The molecule has 0 atom stereocenters. The van der Waals surface area contributed by atoms with Gasteiger partial charge in [-0.1, -0.05) is 18.0 Å². The molecule has 0 radical (unpaired) electrons. The smallest absolute Gasteiger partial charge is 0.253 e. The molecule has 1 amide bonds. The van der Waals surface area contributed by atoms with Crippen LogP contribution in [0, 0.1) is 0 Å². The summed E-state index contributed by atoms with van der Waals surface area (Å²) in [7, 11) is -2.16. The molecule has 2 fully saturated rings. The predicted octanol–water partition coefficient (Wildman–Crippen LogP) is 3.16. The maximum atomic E-state index is 13.3. The van der Waals surface area contributed by atoms with E-state index in [4.69, 9.17) is 16.3 Å². The van der Waals surface area contributed by atoms with Gasteiger partial charge in [0.05, 0.1) is 17.8 Å². The number of methoxy groups -OCH3 is 1. The molecule has 2 aliphatic rings. The lowest BCUT2D eigenvalue weighted by molar-refractivity contribution is 0.0698. The van der Waals surface area contributed by atoms with Crippen molar-refractivity contribution < 1.29 is 17.9 Å². The van der Waals surface area contributed by atoms with Crippen LogP contribution in [0.4, 0.5) is 0 Å². The Morgan fingerprint density at radius 1 is 1.13 bits per heavy atom. The number of pyridine rings is 1. The normalized spacial score (nSPS) is 18.1. The first kappa shape index (κ1) is 21.1. The molecule has 1 aliphatic heterocycles. The van der Waals surface area contributed by atoms with Gasteiger partial charge in [0, 0.05) is 43.9 Å². The second-order valence-electron chi connectivity index (χ2n) is 7.59. The molecule has 7 nitrogen and oxygen atoms in total. The number of carbonyl (C=O) groups excluding carboxylic acids is 1. The highest BCUT2D eigenvalue weighted by atomic mass is 35.5. The molecule has 0 unspecified atom stereocenters. The molecule has 1 aliphatic carbocycles.